The highest BCUT2D eigenvalue weighted by Crippen LogP contribution is 2.29. The van der Waals surface area contributed by atoms with E-state index in [1.165, 1.54) is 36.9 Å². The maximum atomic E-state index is 14.6. The molecule has 11 heteroatoms. The number of nitrogens with zero attached hydrogens (tertiary/aromatic N) is 5. The molecular formula is C31H37FN6O4. The summed E-state index contributed by atoms with van der Waals surface area (Å²) in [4.78, 5) is 36.8. The van der Waals surface area contributed by atoms with Gasteiger partial charge in [0.2, 0.25) is 5.95 Å². The molecule has 42 heavy (non-hydrogen) atoms. The molecule has 0 radical (unpaired) electrons. The molecule has 2 N–H and O–H groups in total. The number of fused-ring (bicyclic) bond motifs is 2. The highest BCUT2D eigenvalue weighted by atomic mass is 19.1. The van der Waals surface area contributed by atoms with Crippen LogP contribution in [0.15, 0.2) is 47.4 Å². The summed E-state index contributed by atoms with van der Waals surface area (Å²) in [5, 5.41) is 14.1. The number of rotatable bonds is 5. The number of ether oxygens (including phenoxy) is 1. The average molecular weight is 577 g/mol. The molecule has 0 unspecified atom stereocenters. The third kappa shape index (κ3) is 5.74. The first-order valence-corrected chi connectivity index (χ1v) is 14.0. The molecule has 5 rings (SSSR count). The summed E-state index contributed by atoms with van der Waals surface area (Å²) in [5.74, 6) is -0.280. The molecule has 2 aromatic carbocycles. The van der Waals surface area contributed by atoms with E-state index in [-0.39, 0.29) is 29.2 Å². The number of aliphatic hydroxyl groups is 1. The lowest BCUT2D eigenvalue weighted by molar-refractivity contribution is 0.0224. The van der Waals surface area contributed by atoms with E-state index in [0.717, 1.165) is 23.2 Å². The van der Waals surface area contributed by atoms with Gasteiger partial charge in [0, 0.05) is 36.6 Å². The monoisotopic (exact) mass is 576 g/mol. The van der Waals surface area contributed by atoms with Crippen molar-refractivity contribution in [3.63, 3.8) is 0 Å². The number of carbonyl (C=O) groups excluding carboxylic acids is 1. The Kier molecular flexibility index (Phi) is 7.34. The van der Waals surface area contributed by atoms with Gasteiger partial charge in [-0.1, -0.05) is 6.07 Å². The summed E-state index contributed by atoms with van der Waals surface area (Å²) < 4.78 is 23.3. The van der Waals surface area contributed by atoms with Crippen molar-refractivity contribution in [1.29, 1.82) is 0 Å². The lowest BCUT2D eigenvalue weighted by Gasteiger charge is -2.31. The van der Waals surface area contributed by atoms with Crippen molar-refractivity contribution in [2.24, 2.45) is 0 Å². The molecule has 1 aliphatic heterocycles. The summed E-state index contributed by atoms with van der Waals surface area (Å²) >= 11 is 0. The van der Waals surface area contributed by atoms with Gasteiger partial charge in [-0.3, -0.25) is 4.79 Å². The Morgan fingerprint density at radius 1 is 1.10 bits per heavy atom. The van der Waals surface area contributed by atoms with Crippen molar-refractivity contribution in [1.82, 2.24) is 24.2 Å². The predicted octanol–water partition coefficient (Wildman–Crippen LogP) is 5.57. The Hall–Kier alpha value is -4.25. The van der Waals surface area contributed by atoms with E-state index in [4.69, 9.17) is 9.72 Å². The van der Waals surface area contributed by atoms with Gasteiger partial charge < -0.3 is 20.1 Å². The normalized spacial score (nSPS) is 13.9. The molecule has 1 aliphatic rings. The van der Waals surface area contributed by atoms with E-state index in [1.54, 1.807) is 15.6 Å². The smallest absolute Gasteiger partial charge is 0.410 e. The molecule has 222 valence electrons. The highest BCUT2D eigenvalue weighted by molar-refractivity contribution is 5.77. The fraction of sp³-hybridized carbons (Fsp3) is 0.419. The van der Waals surface area contributed by atoms with Crippen LogP contribution in [0.3, 0.4) is 0 Å². The maximum absolute atomic E-state index is 14.6. The van der Waals surface area contributed by atoms with Crippen LogP contribution in [0.2, 0.25) is 0 Å². The summed E-state index contributed by atoms with van der Waals surface area (Å²) in [6.07, 6.45) is 1.85. The van der Waals surface area contributed by atoms with Crippen LogP contribution in [0.1, 0.15) is 71.2 Å². The van der Waals surface area contributed by atoms with Gasteiger partial charge in [0.05, 0.1) is 11.3 Å². The predicted molar refractivity (Wildman–Crippen MR) is 159 cm³/mol. The van der Waals surface area contributed by atoms with Gasteiger partial charge in [-0.2, -0.15) is 4.98 Å². The Morgan fingerprint density at radius 3 is 2.50 bits per heavy atom. The first-order chi connectivity index (χ1) is 19.6. The number of carbonyl (C=O) groups is 1. The van der Waals surface area contributed by atoms with E-state index in [1.807, 2.05) is 52.8 Å². The number of hydrogen-bond donors (Lipinski definition) is 2. The van der Waals surface area contributed by atoms with Gasteiger partial charge in [0.25, 0.3) is 5.56 Å². The Labute approximate surface area is 243 Å². The third-order valence-corrected chi connectivity index (χ3v) is 7.09. The van der Waals surface area contributed by atoms with E-state index in [9.17, 15) is 19.1 Å². The fourth-order valence-electron chi connectivity index (χ4n) is 5.13. The van der Waals surface area contributed by atoms with Crippen molar-refractivity contribution in [3.8, 4) is 5.69 Å². The molecule has 0 fully saturated rings. The SMILES string of the molecule is CC(C)n1c(=O)c2cnc(Nc3ccc4c(c3)CN(C(=O)OC(C)(C)C)CC4)nc2n1-c1ccc(F)c(C(C)(C)O)c1. The lowest BCUT2D eigenvalue weighted by Crippen LogP contribution is -2.39. The molecule has 0 bridgehead atoms. The second-order valence-corrected chi connectivity index (χ2v) is 12.5. The summed E-state index contributed by atoms with van der Waals surface area (Å²) in [6, 6.07) is 10.0. The van der Waals surface area contributed by atoms with Crippen molar-refractivity contribution in [2.45, 2.75) is 78.7 Å². The van der Waals surface area contributed by atoms with Crippen molar-refractivity contribution < 1.29 is 19.0 Å². The molecule has 10 nitrogen and oxygen atoms in total. The fourth-order valence-corrected chi connectivity index (χ4v) is 5.13. The first-order valence-electron chi connectivity index (χ1n) is 14.0. The van der Waals surface area contributed by atoms with Crippen molar-refractivity contribution in [3.05, 3.63) is 75.5 Å². The summed E-state index contributed by atoms with van der Waals surface area (Å²) in [6.45, 7) is 13.3. The van der Waals surface area contributed by atoms with Gasteiger partial charge in [-0.15, -0.1) is 0 Å². The Morgan fingerprint density at radius 2 is 1.83 bits per heavy atom. The van der Waals surface area contributed by atoms with Crippen LogP contribution in [0.25, 0.3) is 16.7 Å². The van der Waals surface area contributed by atoms with E-state index >= 15 is 0 Å². The number of nitrogens with one attached hydrogen (secondary N) is 1. The lowest BCUT2D eigenvalue weighted by atomic mass is 9.97. The zero-order valence-corrected chi connectivity index (χ0v) is 25.0. The summed E-state index contributed by atoms with van der Waals surface area (Å²) in [5.41, 5.74) is 1.51. The number of amides is 1. The van der Waals surface area contributed by atoms with Crippen LogP contribution in [-0.2, 0) is 23.3 Å². The van der Waals surface area contributed by atoms with E-state index < -0.39 is 17.0 Å². The molecule has 0 atom stereocenters. The molecule has 0 spiro atoms. The molecule has 1 amide bonds. The largest absolute Gasteiger partial charge is 0.444 e. The van der Waals surface area contributed by atoms with Gasteiger partial charge >= 0.3 is 6.09 Å². The molecule has 3 heterocycles. The number of hydrogen-bond acceptors (Lipinski definition) is 7. The minimum absolute atomic E-state index is 0.103. The molecule has 0 saturated heterocycles. The molecular weight excluding hydrogens is 539 g/mol. The molecule has 2 aromatic heterocycles. The zero-order valence-electron chi connectivity index (χ0n) is 25.0. The number of benzene rings is 2. The van der Waals surface area contributed by atoms with E-state index in [2.05, 4.69) is 10.3 Å². The number of aromatic nitrogens is 4. The van der Waals surface area contributed by atoms with Crippen molar-refractivity contribution >= 4 is 28.8 Å². The standard InChI is InChI=1S/C31H37FN6O4/c1-18(2)37-27(39)23-16-33-28(35-26(23)38(37)22-10-11-25(32)24(15-22)31(6,7)41)34-21-9-8-19-12-13-36(17-20(19)14-21)29(40)42-30(3,4)5/h8-11,14-16,18,41H,12-13,17H2,1-7H3,(H,33,34,35). The van der Waals surface area contributed by atoms with Crippen LogP contribution < -0.4 is 10.9 Å². The van der Waals surface area contributed by atoms with Crippen LogP contribution >= 0.6 is 0 Å². The topological polar surface area (TPSA) is 115 Å². The Bertz CT molecular complexity index is 1730. The minimum atomic E-state index is -1.43. The first kappa shape index (κ1) is 29.2. The quantitative estimate of drug-likeness (QED) is 0.319. The van der Waals surface area contributed by atoms with E-state index in [0.29, 0.717) is 29.8 Å². The molecule has 0 aliphatic carbocycles. The van der Waals surface area contributed by atoms with Gasteiger partial charge in [-0.05, 0) is 96.3 Å². The minimum Gasteiger partial charge on any atom is -0.444 e. The van der Waals surface area contributed by atoms with Crippen LogP contribution in [0.5, 0.6) is 0 Å². The third-order valence-electron chi connectivity index (χ3n) is 7.09. The maximum Gasteiger partial charge on any atom is 0.410 e. The Balaban J connectivity index is 1.51. The van der Waals surface area contributed by atoms with Crippen molar-refractivity contribution in [2.75, 3.05) is 11.9 Å². The average Bonchev–Trinajstić information content (AvgIpc) is 3.18. The second-order valence-electron chi connectivity index (χ2n) is 12.5. The second kappa shape index (κ2) is 10.5. The number of halogens is 1. The zero-order chi connectivity index (χ0) is 30.6. The van der Waals surface area contributed by atoms with Gasteiger partial charge in [-0.25, -0.2) is 23.5 Å². The van der Waals surface area contributed by atoms with Crippen LogP contribution in [0.4, 0.5) is 20.8 Å². The molecule has 0 saturated carbocycles. The highest BCUT2D eigenvalue weighted by Gasteiger charge is 2.27. The van der Waals surface area contributed by atoms with Gasteiger partial charge in [0.15, 0.2) is 5.65 Å². The van der Waals surface area contributed by atoms with Gasteiger partial charge in [0.1, 0.15) is 16.8 Å². The van der Waals surface area contributed by atoms with Crippen LogP contribution in [-0.4, -0.2) is 47.6 Å². The molecule has 4 aromatic rings. The summed E-state index contributed by atoms with van der Waals surface area (Å²) in [7, 11) is 0. The van der Waals surface area contributed by atoms with Crippen LogP contribution in [0, 0.1) is 5.82 Å². The number of anilines is 2.